The molecule has 0 aliphatic carbocycles. The second kappa shape index (κ2) is 8.21. The van der Waals surface area contributed by atoms with Crippen LogP contribution in [0.4, 0.5) is 11.4 Å². The summed E-state index contributed by atoms with van der Waals surface area (Å²) in [5.41, 5.74) is 4.40. The summed E-state index contributed by atoms with van der Waals surface area (Å²) in [5, 5.41) is 7.86. The Morgan fingerprint density at radius 2 is 0.933 bits per heavy atom. The monoisotopic (exact) mass is 394 g/mol. The van der Waals surface area contributed by atoms with E-state index in [1.165, 1.54) is 0 Å². The minimum absolute atomic E-state index is 0.226. The molecule has 0 unspecified atom stereocenters. The fourth-order valence-corrected chi connectivity index (χ4v) is 3.25. The summed E-state index contributed by atoms with van der Waals surface area (Å²) in [6.45, 7) is 3.95. The molecule has 0 atom stereocenters. The maximum atomic E-state index is 12.8. The third-order valence-corrected chi connectivity index (χ3v) is 5.01. The number of carbonyl (C=O) groups is 2. The molecule has 0 aliphatic rings. The van der Waals surface area contributed by atoms with Crippen LogP contribution in [0.2, 0.25) is 0 Å². The van der Waals surface area contributed by atoms with Crippen LogP contribution in [-0.2, 0) is 0 Å². The third-order valence-electron chi connectivity index (χ3n) is 5.01. The summed E-state index contributed by atoms with van der Waals surface area (Å²) in [4.78, 5) is 25.6. The molecule has 4 aromatic carbocycles. The Labute approximate surface area is 175 Å². The second-order valence-electron chi connectivity index (χ2n) is 7.39. The van der Waals surface area contributed by atoms with Gasteiger partial charge in [-0.05, 0) is 61.0 Å². The van der Waals surface area contributed by atoms with E-state index in [-0.39, 0.29) is 11.8 Å². The first-order valence-corrected chi connectivity index (χ1v) is 9.78. The average Bonchev–Trinajstić information content (AvgIpc) is 2.75. The molecule has 0 heterocycles. The SMILES string of the molecule is Cc1ccc(C(=O)Nc2cc3ccccc3cc2NC(=O)c2ccc(C)cc2)cc1. The predicted octanol–water partition coefficient (Wildman–Crippen LogP) is 5.96. The van der Waals surface area contributed by atoms with Crippen LogP contribution in [0.5, 0.6) is 0 Å². The van der Waals surface area contributed by atoms with Crippen LogP contribution in [0, 0.1) is 13.8 Å². The standard InChI is InChI=1S/C26H22N2O2/c1-17-7-11-19(12-8-17)25(29)27-23-15-21-5-3-4-6-22(21)16-24(23)28-26(30)20-13-9-18(2)10-14-20/h3-16H,1-2H3,(H,27,29)(H,28,30). The lowest BCUT2D eigenvalue weighted by molar-refractivity contribution is 0.101. The lowest BCUT2D eigenvalue weighted by Crippen LogP contribution is -2.17. The van der Waals surface area contributed by atoms with Crippen molar-refractivity contribution in [2.75, 3.05) is 10.6 Å². The van der Waals surface area contributed by atoms with Crippen molar-refractivity contribution < 1.29 is 9.59 Å². The van der Waals surface area contributed by atoms with E-state index in [9.17, 15) is 9.59 Å². The number of amides is 2. The Bertz CT molecular complexity index is 1130. The molecule has 0 fully saturated rings. The van der Waals surface area contributed by atoms with E-state index >= 15 is 0 Å². The Kier molecular flexibility index (Phi) is 5.31. The van der Waals surface area contributed by atoms with Gasteiger partial charge in [-0.15, -0.1) is 0 Å². The van der Waals surface area contributed by atoms with Gasteiger partial charge in [-0.2, -0.15) is 0 Å². The smallest absolute Gasteiger partial charge is 0.255 e. The number of hydrogen-bond acceptors (Lipinski definition) is 2. The summed E-state index contributed by atoms with van der Waals surface area (Å²) < 4.78 is 0. The Morgan fingerprint density at radius 1 is 0.567 bits per heavy atom. The molecule has 0 bridgehead atoms. The topological polar surface area (TPSA) is 58.2 Å². The van der Waals surface area contributed by atoms with Crippen LogP contribution in [-0.4, -0.2) is 11.8 Å². The van der Waals surface area contributed by atoms with Crippen molar-refractivity contribution in [3.63, 3.8) is 0 Å². The zero-order valence-electron chi connectivity index (χ0n) is 16.9. The highest BCUT2D eigenvalue weighted by atomic mass is 16.2. The van der Waals surface area contributed by atoms with Crippen molar-refractivity contribution in [1.82, 2.24) is 0 Å². The van der Waals surface area contributed by atoms with Gasteiger partial charge in [-0.3, -0.25) is 9.59 Å². The number of anilines is 2. The molecule has 4 aromatic rings. The van der Waals surface area contributed by atoms with Crippen LogP contribution < -0.4 is 10.6 Å². The molecule has 0 aliphatic heterocycles. The fraction of sp³-hybridized carbons (Fsp3) is 0.0769. The lowest BCUT2D eigenvalue weighted by Gasteiger charge is -2.14. The van der Waals surface area contributed by atoms with Gasteiger partial charge in [-0.1, -0.05) is 59.7 Å². The minimum Gasteiger partial charge on any atom is -0.320 e. The number of benzene rings is 4. The molecule has 4 heteroatoms. The highest BCUT2D eigenvalue weighted by Crippen LogP contribution is 2.29. The number of nitrogens with one attached hydrogen (secondary N) is 2. The van der Waals surface area contributed by atoms with E-state index in [4.69, 9.17) is 0 Å². The maximum absolute atomic E-state index is 12.8. The van der Waals surface area contributed by atoms with E-state index in [0.717, 1.165) is 21.9 Å². The van der Waals surface area contributed by atoms with Crippen molar-refractivity contribution in [1.29, 1.82) is 0 Å². The first-order valence-electron chi connectivity index (χ1n) is 9.78. The van der Waals surface area contributed by atoms with E-state index in [1.54, 1.807) is 24.3 Å². The van der Waals surface area contributed by atoms with E-state index < -0.39 is 0 Å². The molecular formula is C26H22N2O2. The molecule has 0 saturated heterocycles. The van der Waals surface area contributed by atoms with Crippen LogP contribution >= 0.6 is 0 Å². The first-order chi connectivity index (χ1) is 14.5. The molecule has 30 heavy (non-hydrogen) atoms. The van der Waals surface area contributed by atoms with Gasteiger partial charge in [0.25, 0.3) is 11.8 Å². The van der Waals surface area contributed by atoms with Crippen LogP contribution in [0.3, 0.4) is 0 Å². The summed E-state index contributed by atoms with van der Waals surface area (Å²) >= 11 is 0. The molecule has 2 amide bonds. The second-order valence-corrected chi connectivity index (χ2v) is 7.39. The highest BCUT2D eigenvalue weighted by Gasteiger charge is 2.14. The summed E-state index contributed by atoms with van der Waals surface area (Å²) in [5.74, 6) is -0.452. The van der Waals surface area contributed by atoms with Crippen molar-refractivity contribution in [2.45, 2.75) is 13.8 Å². The maximum Gasteiger partial charge on any atom is 0.255 e. The van der Waals surface area contributed by atoms with Crippen LogP contribution in [0.1, 0.15) is 31.8 Å². The van der Waals surface area contributed by atoms with Gasteiger partial charge >= 0.3 is 0 Å². The quantitative estimate of drug-likeness (QED) is 0.449. The van der Waals surface area contributed by atoms with Gasteiger partial charge in [0.1, 0.15) is 0 Å². The molecule has 0 saturated carbocycles. The lowest BCUT2D eigenvalue weighted by atomic mass is 10.1. The van der Waals surface area contributed by atoms with E-state index in [2.05, 4.69) is 10.6 Å². The Balaban J connectivity index is 1.68. The summed E-state index contributed by atoms with van der Waals surface area (Å²) in [6.07, 6.45) is 0. The van der Waals surface area contributed by atoms with Crippen molar-refractivity contribution in [2.24, 2.45) is 0 Å². The zero-order valence-corrected chi connectivity index (χ0v) is 16.9. The number of fused-ring (bicyclic) bond motifs is 1. The Hall–Kier alpha value is -3.92. The van der Waals surface area contributed by atoms with E-state index in [0.29, 0.717) is 22.5 Å². The summed E-state index contributed by atoms with van der Waals surface area (Å²) in [7, 11) is 0. The third kappa shape index (κ3) is 4.23. The number of rotatable bonds is 4. The first kappa shape index (κ1) is 19.4. The normalized spacial score (nSPS) is 10.6. The largest absolute Gasteiger partial charge is 0.320 e. The molecule has 0 spiro atoms. The zero-order chi connectivity index (χ0) is 21.1. The van der Waals surface area contributed by atoms with Crippen LogP contribution in [0.25, 0.3) is 10.8 Å². The van der Waals surface area contributed by atoms with Gasteiger partial charge in [0.15, 0.2) is 0 Å². The minimum atomic E-state index is -0.226. The molecule has 4 rings (SSSR count). The summed E-state index contributed by atoms with van der Waals surface area (Å²) in [6, 6.07) is 26.3. The Morgan fingerprint density at radius 3 is 1.30 bits per heavy atom. The predicted molar refractivity (Wildman–Crippen MR) is 122 cm³/mol. The highest BCUT2D eigenvalue weighted by molar-refractivity contribution is 6.12. The average molecular weight is 394 g/mol. The number of aryl methyl sites for hydroxylation is 2. The van der Waals surface area contributed by atoms with Gasteiger partial charge in [0.2, 0.25) is 0 Å². The molecular weight excluding hydrogens is 372 g/mol. The van der Waals surface area contributed by atoms with Gasteiger partial charge in [0, 0.05) is 11.1 Å². The van der Waals surface area contributed by atoms with Gasteiger partial charge < -0.3 is 10.6 Å². The van der Waals surface area contributed by atoms with Crippen LogP contribution in [0.15, 0.2) is 84.9 Å². The van der Waals surface area contributed by atoms with Crippen molar-refractivity contribution in [3.05, 3.63) is 107 Å². The van der Waals surface area contributed by atoms with Gasteiger partial charge in [-0.25, -0.2) is 0 Å². The molecule has 0 aromatic heterocycles. The molecule has 2 N–H and O–H groups in total. The fourth-order valence-electron chi connectivity index (χ4n) is 3.25. The number of carbonyl (C=O) groups excluding carboxylic acids is 2. The molecule has 4 nitrogen and oxygen atoms in total. The van der Waals surface area contributed by atoms with Crippen molar-refractivity contribution in [3.8, 4) is 0 Å². The number of hydrogen-bond donors (Lipinski definition) is 2. The van der Waals surface area contributed by atoms with Crippen molar-refractivity contribution >= 4 is 34.0 Å². The van der Waals surface area contributed by atoms with E-state index in [1.807, 2.05) is 74.5 Å². The molecule has 148 valence electrons. The molecule has 0 radical (unpaired) electrons. The van der Waals surface area contributed by atoms with Gasteiger partial charge in [0.05, 0.1) is 11.4 Å².